The van der Waals surface area contributed by atoms with Crippen molar-refractivity contribution in [1.29, 1.82) is 0 Å². The maximum absolute atomic E-state index is 12.0. The molecule has 1 aliphatic rings. The normalized spacial score (nSPS) is 17.9. The molecule has 1 rings (SSSR count). The molecule has 1 atom stereocenters. The smallest absolute Gasteiger partial charge is 0.194 e. The van der Waals surface area contributed by atoms with Crippen LogP contribution in [0.4, 0.5) is 0 Å². The van der Waals surface area contributed by atoms with E-state index in [-0.39, 0.29) is 23.7 Å². The summed E-state index contributed by atoms with van der Waals surface area (Å²) in [6.07, 6.45) is 0. The fourth-order valence-corrected chi connectivity index (χ4v) is 1.75. The molecule has 0 aromatic carbocycles. The molecule has 0 amide bonds. The number of aliphatic imine (C=N–C) groups is 1. The van der Waals surface area contributed by atoms with Crippen molar-refractivity contribution in [3.63, 3.8) is 0 Å². The first-order valence-corrected chi connectivity index (χ1v) is 5.99. The number of nitrogens with zero attached hydrogens (tertiary/aromatic N) is 2. The van der Waals surface area contributed by atoms with E-state index in [1.807, 2.05) is 20.9 Å². The van der Waals surface area contributed by atoms with E-state index in [2.05, 4.69) is 29.1 Å². The van der Waals surface area contributed by atoms with Crippen LogP contribution in [0.15, 0.2) is 4.99 Å². The van der Waals surface area contributed by atoms with Gasteiger partial charge in [-0.25, -0.2) is 0 Å². The Balaban J connectivity index is 2.69. The maximum Gasteiger partial charge on any atom is 0.194 e. The lowest BCUT2D eigenvalue weighted by Gasteiger charge is -2.26. The molecule has 0 saturated carbocycles. The number of ketones is 1. The highest BCUT2D eigenvalue weighted by Crippen LogP contribution is 2.10. The van der Waals surface area contributed by atoms with E-state index < -0.39 is 0 Å². The molecule has 0 bridgehead atoms. The van der Waals surface area contributed by atoms with Crippen LogP contribution in [0, 0.1) is 11.8 Å². The number of nitrogens with one attached hydrogen (secondary N) is 1. The Morgan fingerprint density at radius 3 is 2.38 bits per heavy atom. The van der Waals surface area contributed by atoms with Gasteiger partial charge in [-0.1, -0.05) is 27.7 Å². The predicted octanol–water partition coefficient (Wildman–Crippen LogP) is 1.13. The highest BCUT2D eigenvalue weighted by atomic mass is 16.1. The molecule has 0 saturated heterocycles. The fourth-order valence-electron chi connectivity index (χ4n) is 1.75. The zero-order chi connectivity index (χ0) is 12.3. The zero-order valence-electron chi connectivity index (χ0n) is 10.9. The van der Waals surface area contributed by atoms with Crippen molar-refractivity contribution >= 4 is 11.7 Å². The summed E-state index contributed by atoms with van der Waals surface area (Å²) in [5.74, 6) is 1.46. The highest BCUT2D eigenvalue weighted by molar-refractivity contribution is 5.91. The highest BCUT2D eigenvalue weighted by Gasteiger charge is 2.27. The van der Waals surface area contributed by atoms with Gasteiger partial charge in [-0.15, -0.1) is 0 Å². The van der Waals surface area contributed by atoms with Crippen LogP contribution in [0.25, 0.3) is 0 Å². The van der Waals surface area contributed by atoms with Gasteiger partial charge in [-0.05, 0) is 5.92 Å². The molecule has 4 nitrogen and oxygen atoms in total. The summed E-state index contributed by atoms with van der Waals surface area (Å²) in [6, 6.07) is -0.126. The van der Waals surface area contributed by atoms with Crippen LogP contribution in [0.1, 0.15) is 27.7 Å². The van der Waals surface area contributed by atoms with Gasteiger partial charge >= 0.3 is 0 Å². The average molecular weight is 225 g/mol. The van der Waals surface area contributed by atoms with Gasteiger partial charge in [-0.2, -0.15) is 0 Å². The molecule has 1 N–H and O–H groups in total. The van der Waals surface area contributed by atoms with Crippen LogP contribution in [-0.2, 0) is 4.79 Å². The fraction of sp³-hybridized carbons (Fsp3) is 0.833. The number of Topliss-reactive ketones (excluding diaryl/α,β-unsaturated/α-hetero) is 1. The third-order valence-electron chi connectivity index (χ3n) is 2.89. The van der Waals surface area contributed by atoms with Crippen molar-refractivity contribution in [2.75, 3.05) is 20.1 Å². The zero-order valence-corrected chi connectivity index (χ0v) is 10.9. The molecule has 0 aromatic heterocycles. The van der Waals surface area contributed by atoms with Crippen LogP contribution in [0.2, 0.25) is 0 Å². The van der Waals surface area contributed by atoms with E-state index in [0.29, 0.717) is 0 Å². The van der Waals surface area contributed by atoms with Crippen molar-refractivity contribution in [2.45, 2.75) is 33.7 Å². The van der Waals surface area contributed by atoms with Gasteiger partial charge in [0, 0.05) is 19.5 Å². The monoisotopic (exact) mass is 225 g/mol. The lowest BCUT2D eigenvalue weighted by atomic mass is 9.93. The summed E-state index contributed by atoms with van der Waals surface area (Å²) in [5.41, 5.74) is 0. The second-order valence-corrected chi connectivity index (χ2v) is 5.05. The predicted molar refractivity (Wildman–Crippen MR) is 66.5 cm³/mol. The summed E-state index contributed by atoms with van der Waals surface area (Å²) < 4.78 is 0. The topological polar surface area (TPSA) is 44.7 Å². The SMILES string of the molecule is CC(C)C(=O)C(NC1=NCCN1C)C(C)C. The van der Waals surface area contributed by atoms with Crippen LogP contribution in [0.3, 0.4) is 0 Å². The summed E-state index contributed by atoms with van der Waals surface area (Å²) in [6.45, 7) is 9.77. The van der Waals surface area contributed by atoms with E-state index in [1.165, 1.54) is 0 Å². The molecule has 0 spiro atoms. The Kier molecular flexibility index (Phi) is 4.33. The largest absolute Gasteiger partial charge is 0.346 e. The summed E-state index contributed by atoms with van der Waals surface area (Å²) in [7, 11) is 2.00. The van der Waals surface area contributed by atoms with Gasteiger partial charge in [0.25, 0.3) is 0 Å². The minimum absolute atomic E-state index is 0.0622. The molecule has 1 unspecified atom stereocenters. The Morgan fingerprint density at radius 1 is 1.38 bits per heavy atom. The van der Waals surface area contributed by atoms with Gasteiger partial charge in [-0.3, -0.25) is 9.79 Å². The van der Waals surface area contributed by atoms with Gasteiger partial charge in [0.1, 0.15) is 0 Å². The van der Waals surface area contributed by atoms with Crippen molar-refractivity contribution in [2.24, 2.45) is 16.8 Å². The van der Waals surface area contributed by atoms with Crippen molar-refractivity contribution in [1.82, 2.24) is 10.2 Å². The number of hydrogen-bond donors (Lipinski definition) is 1. The van der Waals surface area contributed by atoms with Gasteiger partial charge in [0.15, 0.2) is 11.7 Å². The Bertz CT molecular complexity index is 284. The van der Waals surface area contributed by atoms with Gasteiger partial charge < -0.3 is 10.2 Å². The first kappa shape index (κ1) is 13.0. The summed E-state index contributed by atoms with van der Waals surface area (Å²) in [4.78, 5) is 18.5. The van der Waals surface area contributed by atoms with Crippen LogP contribution < -0.4 is 5.32 Å². The lowest BCUT2D eigenvalue weighted by Crippen LogP contribution is -2.49. The number of rotatable bonds is 4. The number of carbonyl (C=O) groups excluding carboxylic acids is 1. The Hall–Kier alpha value is -1.06. The van der Waals surface area contributed by atoms with Crippen LogP contribution in [-0.4, -0.2) is 42.8 Å². The van der Waals surface area contributed by atoms with E-state index in [4.69, 9.17) is 0 Å². The molecular weight excluding hydrogens is 202 g/mol. The molecule has 0 radical (unpaired) electrons. The second-order valence-electron chi connectivity index (χ2n) is 5.05. The minimum atomic E-state index is -0.126. The summed E-state index contributed by atoms with van der Waals surface area (Å²) in [5, 5.41) is 3.27. The average Bonchev–Trinajstić information content (AvgIpc) is 2.59. The molecule has 0 fully saturated rings. The molecular formula is C12H23N3O. The molecule has 1 aliphatic heterocycles. The van der Waals surface area contributed by atoms with Gasteiger partial charge in [0.2, 0.25) is 0 Å². The Morgan fingerprint density at radius 2 is 2.00 bits per heavy atom. The lowest BCUT2D eigenvalue weighted by molar-refractivity contribution is -0.124. The van der Waals surface area contributed by atoms with Crippen molar-refractivity contribution in [3.05, 3.63) is 0 Å². The Labute approximate surface area is 98.1 Å². The quantitative estimate of drug-likeness (QED) is 0.780. The first-order chi connectivity index (χ1) is 7.43. The molecule has 1 heterocycles. The van der Waals surface area contributed by atoms with Gasteiger partial charge in [0.05, 0.1) is 12.6 Å². The maximum atomic E-state index is 12.0. The van der Waals surface area contributed by atoms with E-state index in [9.17, 15) is 4.79 Å². The molecule has 0 aliphatic carbocycles. The van der Waals surface area contributed by atoms with Crippen molar-refractivity contribution in [3.8, 4) is 0 Å². The molecule has 16 heavy (non-hydrogen) atoms. The standard InChI is InChI=1S/C12H23N3O/c1-8(2)10(11(16)9(3)4)14-12-13-6-7-15(12)5/h8-10H,6-7H2,1-5H3,(H,13,14). The number of likely N-dealkylation sites (N-methyl/N-ethyl adjacent to an activating group) is 1. The second kappa shape index (κ2) is 5.32. The molecule has 4 heteroatoms. The van der Waals surface area contributed by atoms with Crippen LogP contribution >= 0.6 is 0 Å². The summed E-state index contributed by atoms with van der Waals surface area (Å²) >= 11 is 0. The third kappa shape index (κ3) is 2.97. The van der Waals surface area contributed by atoms with Crippen LogP contribution in [0.5, 0.6) is 0 Å². The van der Waals surface area contributed by atoms with E-state index in [1.54, 1.807) is 0 Å². The minimum Gasteiger partial charge on any atom is -0.346 e. The number of guanidine groups is 1. The number of hydrogen-bond acceptors (Lipinski definition) is 4. The van der Waals surface area contributed by atoms with E-state index in [0.717, 1.165) is 19.0 Å². The van der Waals surface area contributed by atoms with Crippen molar-refractivity contribution < 1.29 is 4.79 Å². The first-order valence-electron chi connectivity index (χ1n) is 5.99. The molecule has 0 aromatic rings. The third-order valence-corrected chi connectivity index (χ3v) is 2.89. The van der Waals surface area contributed by atoms with E-state index >= 15 is 0 Å². The molecule has 92 valence electrons. The number of carbonyl (C=O) groups is 1.